The van der Waals surface area contributed by atoms with Crippen LogP contribution in [0.25, 0.3) is 11.2 Å². The first kappa shape index (κ1) is 9.78. The van der Waals surface area contributed by atoms with Gasteiger partial charge in [-0.2, -0.15) is 0 Å². The summed E-state index contributed by atoms with van der Waals surface area (Å²) in [4.78, 5) is 12.2. The molecule has 0 radical (unpaired) electrons. The standard InChI is InChI=1S/C12H16N4/c1-2-5-9(13-7-3-1)12-15-10-6-4-8-14-11(10)16-12/h4,6,8-9,13H,1-3,5,7H2,(H,14,15,16). The van der Waals surface area contributed by atoms with Gasteiger partial charge in [-0.05, 0) is 31.5 Å². The van der Waals surface area contributed by atoms with Crippen LogP contribution in [0.5, 0.6) is 0 Å². The van der Waals surface area contributed by atoms with E-state index in [2.05, 4.69) is 20.3 Å². The summed E-state index contributed by atoms with van der Waals surface area (Å²) < 4.78 is 0. The van der Waals surface area contributed by atoms with Crippen LogP contribution in [0.2, 0.25) is 0 Å². The molecule has 1 saturated heterocycles. The molecule has 16 heavy (non-hydrogen) atoms. The van der Waals surface area contributed by atoms with E-state index in [9.17, 15) is 0 Å². The van der Waals surface area contributed by atoms with Crippen molar-refractivity contribution >= 4 is 11.2 Å². The van der Waals surface area contributed by atoms with Crippen LogP contribution < -0.4 is 5.32 Å². The van der Waals surface area contributed by atoms with Crippen LogP contribution in [0.15, 0.2) is 18.3 Å². The van der Waals surface area contributed by atoms with Crippen molar-refractivity contribution in [2.24, 2.45) is 0 Å². The van der Waals surface area contributed by atoms with Crippen molar-refractivity contribution in [3.63, 3.8) is 0 Å². The van der Waals surface area contributed by atoms with Crippen LogP contribution in [0.1, 0.15) is 37.5 Å². The largest absolute Gasteiger partial charge is 0.339 e. The van der Waals surface area contributed by atoms with Crippen molar-refractivity contribution in [2.75, 3.05) is 6.54 Å². The second-order valence-electron chi connectivity index (χ2n) is 4.35. The second kappa shape index (κ2) is 4.22. The number of hydrogen-bond acceptors (Lipinski definition) is 3. The molecule has 1 fully saturated rings. The summed E-state index contributed by atoms with van der Waals surface area (Å²) >= 11 is 0. The summed E-state index contributed by atoms with van der Waals surface area (Å²) in [7, 11) is 0. The fourth-order valence-electron chi connectivity index (χ4n) is 2.29. The predicted octanol–water partition coefficient (Wildman–Crippen LogP) is 2.16. The third-order valence-corrected chi connectivity index (χ3v) is 3.17. The Morgan fingerprint density at radius 3 is 3.19 bits per heavy atom. The van der Waals surface area contributed by atoms with Gasteiger partial charge in [-0.3, -0.25) is 0 Å². The van der Waals surface area contributed by atoms with Crippen LogP contribution in [0, 0.1) is 0 Å². The van der Waals surface area contributed by atoms with Crippen LogP contribution in [-0.4, -0.2) is 21.5 Å². The van der Waals surface area contributed by atoms with Crippen LogP contribution in [-0.2, 0) is 0 Å². The van der Waals surface area contributed by atoms with Crippen molar-refractivity contribution in [3.05, 3.63) is 24.2 Å². The van der Waals surface area contributed by atoms with E-state index in [0.717, 1.165) is 23.5 Å². The Bertz CT molecular complexity index is 436. The molecule has 1 aliphatic heterocycles. The fraction of sp³-hybridized carbons (Fsp3) is 0.500. The fourth-order valence-corrected chi connectivity index (χ4v) is 2.29. The Morgan fingerprint density at radius 1 is 1.25 bits per heavy atom. The molecule has 0 aliphatic carbocycles. The molecular formula is C12H16N4. The number of fused-ring (bicyclic) bond motifs is 1. The van der Waals surface area contributed by atoms with E-state index >= 15 is 0 Å². The van der Waals surface area contributed by atoms with Gasteiger partial charge in [-0.25, -0.2) is 9.97 Å². The van der Waals surface area contributed by atoms with Crippen molar-refractivity contribution in [3.8, 4) is 0 Å². The van der Waals surface area contributed by atoms with Gasteiger partial charge in [-0.1, -0.05) is 12.8 Å². The first-order valence-electron chi connectivity index (χ1n) is 5.97. The van der Waals surface area contributed by atoms with Gasteiger partial charge in [0.1, 0.15) is 5.82 Å². The number of H-pyrrole nitrogens is 1. The van der Waals surface area contributed by atoms with Gasteiger partial charge in [0.2, 0.25) is 0 Å². The molecule has 2 N–H and O–H groups in total. The molecule has 2 aromatic heterocycles. The molecule has 1 aliphatic rings. The highest BCUT2D eigenvalue weighted by Crippen LogP contribution is 2.21. The number of pyridine rings is 1. The van der Waals surface area contributed by atoms with E-state index in [1.54, 1.807) is 6.20 Å². The van der Waals surface area contributed by atoms with Crippen molar-refractivity contribution in [2.45, 2.75) is 31.7 Å². The lowest BCUT2D eigenvalue weighted by atomic mass is 10.1. The summed E-state index contributed by atoms with van der Waals surface area (Å²) in [6.07, 6.45) is 6.83. The minimum atomic E-state index is 0.372. The van der Waals surface area contributed by atoms with Gasteiger partial charge in [0, 0.05) is 6.20 Å². The Morgan fingerprint density at radius 2 is 2.25 bits per heavy atom. The lowest BCUT2D eigenvalue weighted by molar-refractivity contribution is 0.513. The highest BCUT2D eigenvalue weighted by Gasteiger charge is 2.17. The third-order valence-electron chi connectivity index (χ3n) is 3.17. The van der Waals surface area contributed by atoms with Gasteiger partial charge in [-0.15, -0.1) is 0 Å². The zero-order valence-corrected chi connectivity index (χ0v) is 9.24. The maximum atomic E-state index is 4.55. The first-order valence-corrected chi connectivity index (χ1v) is 5.97. The number of aromatic amines is 1. The molecule has 0 aromatic carbocycles. The maximum Gasteiger partial charge on any atom is 0.177 e. The normalized spacial score (nSPS) is 22.1. The zero-order chi connectivity index (χ0) is 10.8. The molecule has 1 unspecified atom stereocenters. The highest BCUT2D eigenvalue weighted by molar-refractivity contribution is 5.69. The van der Waals surface area contributed by atoms with Gasteiger partial charge in [0.05, 0.1) is 11.6 Å². The van der Waals surface area contributed by atoms with E-state index < -0.39 is 0 Å². The highest BCUT2D eigenvalue weighted by atomic mass is 15.0. The number of hydrogen-bond donors (Lipinski definition) is 2. The number of aromatic nitrogens is 3. The monoisotopic (exact) mass is 216 g/mol. The van der Waals surface area contributed by atoms with E-state index in [0.29, 0.717) is 6.04 Å². The quantitative estimate of drug-likeness (QED) is 0.768. The van der Waals surface area contributed by atoms with Crippen molar-refractivity contribution in [1.82, 2.24) is 20.3 Å². The van der Waals surface area contributed by atoms with E-state index in [-0.39, 0.29) is 0 Å². The summed E-state index contributed by atoms with van der Waals surface area (Å²) in [5.74, 6) is 1.04. The minimum absolute atomic E-state index is 0.372. The average molecular weight is 216 g/mol. The summed E-state index contributed by atoms with van der Waals surface area (Å²) in [5.41, 5.74) is 1.85. The minimum Gasteiger partial charge on any atom is -0.339 e. The number of rotatable bonds is 1. The lowest BCUT2D eigenvalue weighted by Gasteiger charge is -2.11. The molecule has 0 bridgehead atoms. The van der Waals surface area contributed by atoms with Crippen LogP contribution >= 0.6 is 0 Å². The Kier molecular flexibility index (Phi) is 2.58. The predicted molar refractivity (Wildman–Crippen MR) is 63.1 cm³/mol. The molecule has 0 spiro atoms. The summed E-state index contributed by atoms with van der Waals surface area (Å²) in [6.45, 7) is 1.09. The third kappa shape index (κ3) is 1.80. The SMILES string of the molecule is c1cnc2nc(C3CCCCCN3)[nH]c2c1. The zero-order valence-electron chi connectivity index (χ0n) is 9.24. The Labute approximate surface area is 94.5 Å². The van der Waals surface area contributed by atoms with Gasteiger partial charge in [0.15, 0.2) is 5.65 Å². The number of imidazole rings is 1. The molecule has 0 saturated carbocycles. The van der Waals surface area contributed by atoms with E-state index in [4.69, 9.17) is 0 Å². The van der Waals surface area contributed by atoms with Gasteiger partial charge < -0.3 is 10.3 Å². The molecule has 3 heterocycles. The lowest BCUT2D eigenvalue weighted by Crippen LogP contribution is -2.21. The topological polar surface area (TPSA) is 53.6 Å². The molecule has 1 atom stereocenters. The first-order chi connectivity index (χ1) is 7.93. The smallest absolute Gasteiger partial charge is 0.177 e. The van der Waals surface area contributed by atoms with Crippen molar-refractivity contribution < 1.29 is 0 Å². The molecule has 84 valence electrons. The molecule has 2 aromatic rings. The summed E-state index contributed by atoms with van der Waals surface area (Å²) in [5, 5.41) is 3.54. The molecular weight excluding hydrogens is 200 g/mol. The molecule has 3 rings (SSSR count). The maximum absolute atomic E-state index is 4.55. The number of nitrogens with one attached hydrogen (secondary N) is 2. The van der Waals surface area contributed by atoms with E-state index in [1.165, 1.54) is 25.7 Å². The molecule has 4 heteroatoms. The van der Waals surface area contributed by atoms with Gasteiger partial charge >= 0.3 is 0 Å². The van der Waals surface area contributed by atoms with Crippen molar-refractivity contribution in [1.29, 1.82) is 0 Å². The molecule has 0 amide bonds. The second-order valence-corrected chi connectivity index (χ2v) is 4.35. The van der Waals surface area contributed by atoms with Crippen LogP contribution in [0.3, 0.4) is 0 Å². The van der Waals surface area contributed by atoms with Gasteiger partial charge in [0.25, 0.3) is 0 Å². The average Bonchev–Trinajstić information content (AvgIpc) is 2.56. The van der Waals surface area contributed by atoms with E-state index in [1.807, 2.05) is 12.1 Å². The summed E-state index contributed by atoms with van der Waals surface area (Å²) in [6, 6.07) is 4.33. The Hall–Kier alpha value is -1.42. The molecule has 4 nitrogen and oxygen atoms in total. The Balaban J connectivity index is 1.92. The number of nitrogens with zero attached hydrogens (tertiary/aromatic N) is 2. The van der Waals surface area contributed by atoms with Crippen LogP contribution in [0.4, 0.5) is 0 Å².